The second-order valence-electron chi connectivity index (χ2n) is 5.65. The van der Waals surface area contributed by atoms with Crippen LogP contribution in [0.5, 0.6) is 0 Å². The van der Waals surface area contributed by atoms with E-state index in [4.69, 9.17) is 4.74 Å². The van der Waals surface area contributed by atoms with Crippen LogP contribution in [0.4, 0.5) is 0 Å². The van der Waals surface area contributed by atoms with Crippen LogP contribution in [0.2, 0.25) is 0 Å². The van der Waals surface area contributed by atoms with Gasteiger partial charge in [-0.2, -0.15) is 0 Å². The lowest BCUT2D eigenvalue weighted by Gasteiger charge is -2.32. The van der Waals surface area contributed by atoms with Crippen molar-refractivity contribution in [3.8, 4) is 0 Å². The van der Waals surface area contributed by atoms with Gasteiger partial charge in [-0.05, 0) is 51.0 Å². The third-order valence-electron chi connectivity index (χ3n) is 4.33. The highest BCUT2D eigenvalue weighted by Gasteiger charge is 2.40. The molecule has 0 N–H and O–H groups in total. The van der Waals surface area contributed by atoms with Gasteiger partial charge in [0, 0.05) is 6.61 Å². The zero-order valence-corrected chi connectivity index (χ0v) is 11.7. The number of carbonyl (C=O) groups excluding carboxylic acids is 1. The smallest absolute Gasteiger partial charge is 0.190 e. The van der Waals surface area contributed by atoms with Crippen LogP contribution in [0.3, 0.4) is 0 Å². The van der Waals surface area contributed by atoms with Gasteiger partial charge in [0.15, 0.2) is 5.78 Å². The number of ketones is 1. The Hall–Kier alpha value is -0.630. The van der Waals surface area contributed by atoms with Gasteiger partial charge in [-0.3, -0.25) is 4.79 Å². The summed E-state index contributed by atoms with van der Waals surface area (Å²) in [4.78, 5) is 12.8. The zero-order chi connectivity index (χ0) is 12.8. The molecule has 1 fully saturated rings. The van der Waals surface area contributed by atoms with Crippen molar-refractivity contribution >= 4 is 5.78 Å². The Morgan fingerprint density at radius 2 is 1.89 bits per heavy atom. The Balaban J connectivity index is 2.16. The Kier molecular flexibility index (Phi) is 4.99. The summed E-state index contributed by atoms with van der Waals surface area (Å²) in [5, 5.41) is 0. The summed E-state index contributed by atoms with van der Waals surface area (Å²) in [6.07, 6.45) is 13.2. The van der Waals surface area contributed by atoms with Crippen LogP contribution < -0.4 is 0 Å². The van der Waals surface area contributed by atoms with Crippen LogP contribution in [0.1, 0.15) is 71.1 Å². The van der Waals surface area contributed by atoms with E-state index >= 15 is 0 Å². The summed E-state index contributed by atoms with van der Waals surface area (Å²) in [7, 11) is 0. The Morgan fingerprint density at radius 1 is 1.17 bits per heavy atom. The maximum Gasteiger partial charge on any atom is 0.190 e. The monoisotopic (exact) mass is 250 g/mol. The van der Waals surface area contributed by atoms with E-state index < -0.39 is 5.60 Å². The van der Waals surface area contributed by atoms with Gasteiger partial charge in [0.25, 0.3) is 0 Å². The van der Waals surface area contributed by atoms with Gasteiger partial charge in [-0.25, -0.2) is 0 Å². The van der Waals surface area contributed by atoms with Crippen LogP contribution in [-0.2, 0) is 9.53 Å². The molecular formula is C16H26O2. The van der Waals surface area contributed by atoms with Crippen LogP contribution in [0, 0.1) is 0 Å². The van der Waals surface area contributed by atoms with Crippen molar-refractivity contribution in [1.82, 2.24) is 0 Å². The molecule has 0 amide bonds. The third-order valence-corrected chi connectivity index (χ3v) is 4.33. The molecule has 102 valence electrons. The Bertz CT molecular complexity index is 309. The fourth-order valence-electron chi connectivity index (χ4n) is 3.35. The van der Waals surface area contributed by atoms with Crippen molar-refractivity contribution in [2.75, 3.05) is 6.61 Å². The molecule has 0 heterocycles. The van der Waals surface area contributed by atoms with Gasteiger partial charge in [-0.1, -0.05) is 31.8 Å². The van der Waals surface area contributed by atoms with Crippen molar-refractivity contribution in [3.63, 3.8) is 0 Å². The fourth-order valence-corrected chi connectivity index (χ4v) is 3.35. The molecule has 0 radical (unpaired) electrons. The number of rotatable bonds is 4. The van der Waals surface area contributed by atoms with Crippen molar-refractivity contribution in [1.29, 1.82) is 0 Å². The molecule has 2 heteroatoms. The van der Waals surface area contributed by atoms with Gasteiger partial charge in [0.05, 0.1) is 0 Å². The number of hydrogen-bond acceptors (Lipinski definition) is 2. The van der Waals surface area contributed by atoms with Gasteiger partial charge >= 0.3 is 0 Å². The molecule has 2 nitrogen and oxygen atoms in total. The molecule has 0 aromatic heterocycles. The maximum atomic E-state index is 12.8. The molecule has 2 rings (SSSR count). The molecule has 0 aromatic carbocycles. The molecule has 1 saturated carbocycles. The van der Waals surface area contributed by atoms with E-state index in [0.29, 0.717) is 12.4 Å². The van der Waals surface area contributed by atoms with E-state index in [0.717, 1.165) is 44.1 Å². The first-order valence-electron chi connectivity index (χ1n) is 7.66. The van der Waals surface area contributed by atoms with Crippen molar-refractivity contribution in [2.24, 2.45) is 0 Å². The summed E-state index contributed by atoms with van der Waals surface area (Å²) in [5.74, 6) is 0.311. The minimum absolute atomic E-state index is 0.311. The fraction of sp³-hybridized carbons (Fsp3) is 0.812. The van der Waals surface area contributed by atoms with E-state index in [-0.39, 0.29) is 0 Å². The van der Waals surface area contributed by atoms with E-state index in [9.17, 15) is 4.79 Å². The molecule has 18 heavy (non-hydrogen) atoms. The molecular weight excluding hydrogens is 224 g/mol. The molecule has 2 aliphatic rings. The van der Waals surface area contributed by atoms with Crippen LogP contribution in [0.25, 0.3) is 0 Å². The van der Waals surface area contributed by atoms with Crippen molar-refractivity contribution in [2.45, 2.75) is 76.7 Å². The lowest BCUT2D eigenvalue weighted by molar-refractivity contribution is -0.142. The van der Waals surface area contributed by atoms with Crippen LogP contribution >= 0.6 is 0 Å². The minimum atomic E-state index is -0.478. The lowest BCUT2D eigenvalue weighted by Crippen LogP contribution is -2.42. The molecule has 0 unspecified atom stereocenters. The number of carbonyl (C=O) groups is 1. The Morgan fingerprint density at radius 3 is 2.44 bits per heavy atom. The minimum Gasteiger partial charge on any atom is -0.367 e. The third kappa shape index (κ3) is 3.03. The molecule has 0 spiro atoms. The second kappa shape index (κ2) is 6.51. The summed E-state index contributed by atoms with van der Waals surface area (Å²) < 4.78 is 5.98. The number of Topliss-reactive ketones (excluding diaryl/α,β-unsaturated/α-hetero) is 1. The molecule has 2 aliphatic carbocycles. The lowest BCUT2D eigenvalue weighted by atomic mass is 9.82. The van der Waals surface area contributed by atoms with Gasteiger partial charge in [0.2, 0.25) is 0 Å². The van der Waals surface area contributed by atoms with E-state index in [1.54, 1.807) is 0 Å². The van der Waals surface area contributed by atoms with E-state index in [2.05, 4.69) is 6.08 Å². The molecule has 0 aromatic rings. The first-order chi connectivity index (χ1) is 8.78. The summed E-state index contributed by atoms with van der Waals surface area (Å²) in [6, 6.07) is 0. The maximum absolute atomic E-state index is 12.8. The molecule has 0 saturated heterocycles. The average Bonchev–Trinajstić information content (AvgIpc) is 2.66. The zero-order valence-electron chi connectivity index (χ0n) is 11.7. The highest BCUT2D eigenvalue weighted by atomic mass is 16.5. The quantitative estimate of drug-likeness (QED) is 0.699. The highest BCUT2D eigenvalue weighted by Crippen LogP contribution is 2.35. The first-order valence-corrected chi connectivity index (χ1v) is 7.66. The second-order valence-corrected chi connectivity index (χ2v) is 5.65. The predicted octanol–water partition coefficient (Wildman–Crippen LogP) is 4.19. The first kappa shape index (κ1) is 13.8. The predicted molar refractivity (Wildman–Crippen MR) is 73.6 cm³/mol. The van der Waals surface area contributed by atoms with Gasteiger partial charge < -0.3 is 4.74 Å². The molecule has 0 bridgehead atoms. The number of allylic oxidation sites excluding steroid dienone is 1. The normalized spacial score (nSPS) is 24.2. The average molecular weight is 250 g/mol. The summed E-state index contributed by atoms with van der Waals surface area (Å²) in [5.41, 5.74) is 0.575. The summed E-state index contributed by atoms with van der Waals surface area (Å²) in [6.45, 7) is 2.66. The standard InChI is InChI=1S/C16H26O2/c1-2-18-16(12-8-3-4-9-13-16)15(17)14-10-6-5-7-11-14/h10H,2-9,11-13H2,1H3. The van der Waals surface area contributed by atoms with E-state index in [1.807, 2.05) is 6.92 Å². The number of ether oxygens (including phenoxy) is 1. The SMILES string of the molecule is CCOC1(C(=O)C2=CCCCC2)CCCCCC1. The molecule has 0 aliphatic heterocycles. The van der Waals surface area contributed by atoms with Crippen molar-refractivity contribution in [3.05, 3.63) is 11.6 Å². The van der Waals surface area contributed by atoms with Crippen LogP contribution in [0.15, 0.2) is 11.6 Å². The van der Waals surface area contributed by atoms with Gasteiger partial charge in [-0.15, -0.1) is 0 Å². The topological polar surface area (TPSA) is 26.3 Å². The van der Waals surface area contributed by atoms with Crippen molar-refractivity contribution < 1.29 is 9.53 Å². The van der Waals surface area contributed by atoms with Gasteiger partial charge in [0.1, 0.15) is 5.60 Å². The Labute approximate surface area is 111 Å². The summed E-state index contributed by atoms with van der Waals surface area (Å²) >= 11 is 0. The van der Waals surface area contributed by atoms with E-state index in [1.165, 1.54) is 25.7 Å². The highest BCUT2D eigenvalue weighted by molar-refractivity contribution is 6.02. The van der Waals surface area contributed by atoms with Crippen LogP contribution in [-0.4, -0.2) is 18.0 Å². The largest absolute Gasteiger partial charge is 0.367 e. The number of hydrogen-bond donors (Lipinski definition) is 0. The molecule has 0 atom stereocenters.